The van der Waals surface area contributed by atoms with E-state index in [-0.39, 0.29) is 0 Å². The molecule has 0 saturated carbocycles. The SMILES string of the molecule is CCCNCCC.[CH2]CC. The van der Waals surface area contributed by atoms with E-state index in [0.717, 1.165) is 6.42 Å². The Morgan fingerprint density at radius 2 is 1.30 bits per heavy atom. The molecule has 0 atom stereocenters. The predicted molar refractivity (Wildman–Crippen MR) is 49.1 cm³/mol. The lowest BCUT2D eigenvalue weighted by atomic mass is 10.4. The molecule has 0 amide bonds. The van der Waals surface area contributed by atoms with Crippen LogP contribution in [0, 0.1) is 6.92 Å². The lowest BCUT2D eigenvalue weighted by Gasteiger charge is -1.95. The molecule has 0 bridgehead atoms. The first-order valence-electron chi connectivity index (χ1n) is 4.33. The Balaban J connectivity index is 0. The molecule has 63 valence electrons. The third kappa shape index (κ3) is 24.6. The third-order valence-corrected chi connectivity index (χ3v) is 0.854. The molecule has 0 aromatic rings. The van der Waals surface area contributed by atoms with Gasteiger partial charge in [-0.15, -0.1) is 0 Å². The molecule has 0 aliphatic heterocycles. The Labute approximate surface area is 66.2 Å². The molecule has 0 rings (SSSR count). The second kappa shape index (κ2) is 16.0. The second-order valence-electron chi connectivity index (χ2n) is 2.25. The van der Waals surface area contributed by atoms with Crippen LogP contribution in [0.3, 0.4) is 0 Å². The molecule has 0 unspecified atom stereocenters. The van der Waals surface area contributed by atoms with Gasteiger partial charge in [-0.3, -0.25) is 0 Å². The van der Waals surface area contributed by atoms with E-state index in [1.54, 1.807) is 0 Å². The highest BCUT2D eigenvalue weighted by molar-refractivity contribution is 4.39. The quantitative estimate of drug-likeness (QED) is 0.598. The van der Waals surface area contributed by atoms with E-state index < -0.39 is 0 Å². The van der Waals surface area contributed by atoms with Gasteiger partial charge in [-0.05, 0) is 25.9 Å². The first-order valence-corrected chi connectivity index (χ1v) is 4.33. The zero-order valence-corrected chi connectivity index (χ0v) is 7.74. The van der Waals surface area contributed by atoms with Crippen molar-refractivity contribution in [1.29, 1.82) is 0 Å². The van der Waals surface area contributed by atoms with Gasteiger partial charge in [0, 0.05) is 0 Å². The van der Waals surface area contributed by atoms with Gasteiger partial charge in [0.1, 0.15) is 0 Å². The van der Waals surface area contributed by atoms with Crippen LogP contribution in [-0.2, 0) is 0 Å². The van der Waals surface area contributed by atoms with Gasteiger partial charge in [-0.2, -0.15) is 0 Å². The average Bonchev–Trinajstić information content (AvgIpc) is 1.91. The Morgan fingerprint density at radius 1 is 1.00 bits per heavy atom. The summed E-state index contributed by atoms with van der Waals surface area (Å²) in [5.74, 6) is 0. The molecule has 10 heavy (non-hydrogen) atoms. The number of hydrogen-bond donors (Lipinski definition) is 1. The summed E-state index contributed by atoms with van der Waals surface area (Å²) in [6.07, 6.45) is 3.50. The topological polar surface area (TPSA) is 12.0 Å². The maximum Gasteiger partial charge on any atom is -0.00516 e. The fourth-order valence-corrected chi connectivity index (χ4v) is 0.479. The van der Waals surface area contributed by atoms with Gasteiger partial charge in [-0.25, -0.2) is 0 Å². The summed E-state index contributed by atoms with van der Waals surface area (Å²) in [5, 5.41) is 3.28. The van der Waals surface area contributed by atoms with Crippen molar-refractivity contribution in [3.05, 3.63) is 6.92 Å². The molecule has 0 spiro atoms. The summed E-state index contributed by atoms with van der Waals surface area (Å²) in [4.78, 5) is 0. The van der Waals surface area contributed by atoms with E-state index >= 15 is 0 Å². The molecule has 1 N–H and O–H groups in total. The maximum absolute atomic E-state index is 3.49. The Bertz CT molecular complexity index is 31.7. The van der Waals surface area contributed by atoms with Crippen molar-refractivity contribution < 1.29 is 0 Å². The Hall–Kier alpha value is -0.0400. The van der Waals surface area contributed by atoms with Crippen molar-refractivity contribution in [2.24, 2.45) is 0 Å². The summed E-state index contributed by atoms with van der Waals surface area (Å²) in [5.41, 5.74) is 0. The molecule has 0 aliphatic carbocycles. The second-order valence-corrected chi connectivity index (χ2v) is 2.25. The highest BCUT2D eigenvalue weighted by Crippen LogP contribution is 1.71. The summed E-state index contributed by atoms with van der Waals surface area (Å²) in [7, 11) is 0. The zero-order valence-electron chi connectivity index (χ0n) is 7.74. The van der Waals surface area contributed by atoms with Crippen molar-refractivity contribution >= 4 is 0 Å². The average molecular weight is 144 g/mol. The summed E-state index contributed by atoms with van der Waals surface area (Å²) < 4.78 is 0. The van der Waals surface area contributed by atoms with Crippen LogP contribution in [0.15, 0.2) is 0 Å². The molecule has 0 heterocycles. The monoisotopic (exact) mass is 144 g/mol. The standard InChI is InChI=1S/C6H15N.C3H7/c1-3-5-7-6-4-2;1-3-2/h7H,3-6H2,1-2H3;1,3H2,2H3. The van der Waals surface area contributed by atoms with E-state index in [1.165, 1.54) is 25.9 Å². The van der Waals surface area contributed by atoms with Crippen LogP contribution in [0.1, 0.15) is 40.0 Å². The summed E-state index contributed by atoms with van der Waals surface area (Å²) in [6.45, 7) is 12.2. The molecule has 1 nitrogen and oxygen atoms in total. The maximum atomic E-state index is 3.49. The largest absolute Gasteiger partial charge is 0.317 e. The number of rotatable bonds is 4. The summed E-state index contributed by atoms with van der Waals surface area (Å²) in [6, 6.07) is 0. The molecular formula is C9H22N. The molecular weight excluding hydrogens is 122 g/mol. The van der Waals surface area contributed by atoms with Crippen molar-refractivity contribution in [2.45, 2.75) is 40.0 Å². The van der Waals surface area contributed by atoms with Crippen molar-refractivity contribution in [3.8, 4) is 0 Å². The Kier molecular flexibility index (Phi) is 20.2. The summed E-state index contributed by atoms with van der Waals surface area (Å²) >= 11 is 0. The number of hydrogen-bond acceptors (Lipinski definition) is 1. The van der Waals surface area contributed by atoms with E-state index in [0.29, 0.717) is 0 Å². The van der Waals surface area contributed by atoms with Gasteiger partial charge in [0.25, 0.3) is 0 Å². The van der Waals surface area contributed by atoms with E-state index in [9.17, 15) is 0 Å². The van der Waals surface area contributed by atoms with Gasteiger partial charge in [0.2, 0.25) is 0 Å². The minimum atomic E-state index is 1.00. The van der Waals surface area contributed by atoms with Gasteiger partial charge in [0.15, 0.2) is 0 Å². The highest BCUT2D eigenvalue weighted by Gasteiger charge is 1.76. The minimum Gasteiger partial charge on any atom is -0.317 e. The van der Waals surface area contributed by atoms with Crippen LogP contribution in [0.2, 0.25) is 0 Å². The normalized spacial score (nSPS) is 8.40. The van der Waals surface area contributed by atoms with Crippen LogP contribution in [0.5, 0.6) is 0 Å². The molecule has 1 heteroatoms. The molecule has 0 aliphatic rings. The molecule has 0 saturated heterocycles. The van der Waals surface area contributed by atoms with Crippen LogP contribution in [0.4, 0.5) is 0 Å². The van der Waals surface area contributed by atoms with Crippen molar-refractivity contribution in [3.63, 3.8) is 0 Å². The number of nitrogens with one attached hydrogen (secondary N) is 1. The van der Waals surface area contributed by atoms with E-state index in [1.807, 2.05) is 6.92 Å². The van der Waals surface area contributed by atoms with Gasteiger partial charge < -0.3 is 5.32 Å². The van der Waals surface area contributed by atoms with Gasteiger partial charge >= 0.3 is 0 Å². The van der Waals surface area contributed by atoms with Gasteiger partial charge in [0.05, 0.1) is 0 Å². The smallest absolute Gasteiger partial charge is 0.00516 e. The lowest BCUT2D eigenvalue weighted by molar-refractivity contribution is 0.662. The van der Waals surface area contributed by atoms with Crippen molar-refractivity contribution in [2.75, 3.05) is 13.1 Å². The van der Waals surface area contributed by atoms with Crippen LogP contribution < -0.4 is 5.32 Å². The Morgan fingerprint density at radius 3 is 1.50 bits per heavy atom. The highest BCUT2D eigenvalue weighted by atomic mass is 14.8. The zero-order chi connectivity index (χ0) is 8.24. The lowest BCUT2D eigenvalue weighted by Crippen LogP contribution is -2.14. The molecule has 1 radical (unpaired) electrons. The minimum absolute atomic E-state index is 1.00. The fraction of sp³-hybridized carbons (Fsp3) is 0.889. The molecule has 0 aromatic carbocycles. The predicted octanol–water partition coefficient (Wildman–Crippen LogP) is 2.63. The fourth-order valence-electron chi connectivity index (χ4n) is 0.479. The molecule has 0 aromatic heterocycles. The first kappa shape index (κ1) is 12.6. The van der Waals surface area contributed by atoms with Crippen LogP contribution in [0.25, 0.3) is 0 Å². The van der Waals surface area contributed by atoms with Crippen molar-refractivity contribution in [1.82, 2.24) is 5.32 Å². The molecule has 0 fully saturated rings. The van der Waals surface area contributed by atoms with E-state index in [2.05, 4.69) is 26.1 Å². The van der Waals surface area contributed by atoms with Crippen LogP contribution >= 0.6 is 0 Å². The van der Waals surface area contributed by atoms with Gasteiger partial charge in [-0.1, -0.05) is 34.1 Å². The van der Waals surface area contributed by atoms with Crippen LogP contribution in [-0.4, -0.2) is 13.1 Å². The third-order valence-electron chi connectivity index (χ3n) is 0.854. The van der Waals surface area contributed by atoms with E-state index in [4.69, 9.17) is 0 Å². The first-order chi connectivity index (χ1) is 4.83.